The Morgan fingerprint density at radius 1 is 1.00 bits per heavy atom. The molecule has 2 aromatic carbocycles. The van der Waals surface area contributed by atoms with Crippen molar-refractivity contribution in [3.8, 4) is 0 Å². The molecular formula is C27H28Cl2N6O4S. The van der Waals surface area contributed by atoms with Gasteiger partial charge in [-0.05, 0) is 67.4 Å². The van der Waals surface area contributed by atoms with Crippen molar-refractivity contribution in [1.82, 2.24) is 9.88 Å². The van der Waals surface area contributed by atoms with E-state index in [9.17, 15) is 18.6 Å². The van der Waals surface area contributed by atoms with Gasteiger partial charge >= 0.3 is 0 Å². The minimum atomic E-state index is -3.02. The Hall–Kier alpha value is -3.35. The maximum absolute atomic E-state index is 13.2. The largest absolute Gasteiger partial charge is 0.328 e. The summed E-state index contributed by atoms with van der Waals surface area (Å²) in [5.74, 6) is -1.24. The van der Waals surface area contributed by atoms with Crippen molar-refractivity contribution in [2.75, 3.05) is 36.5 Å². The summed E-state index contributed by atoms with van der Waals surface area (Å²) in [5, 5.41) is 6.06. The number of nitrogens with one attached hydrogen (secondary N) is 2. The molecule has 3 aromatic rings. The van der Waals surface area contributed by atoms with E-state index in [0.717, 1.165) is 12.8 Å². The van der Waals surface area contributed by atoms with Crippen LogP contribution in [-0.4, -0.2) is 63.7 Å². The number of benzene rings is 2. The van der Waals surface area contributed by atoms with Crippen LogP contribution < -0.4 is 16.4 Å². The molecule has 0 aliphatic carbocycles. The second-order valence-electron chi connectivity index (χ2n) is 9.39. The van der Waals surface area contributed by atoms with Crippen LogP contribution in [0.3, 0.4) is 0 Å². The van der Waals surface area contributed by atoms with Crippen LogP contribution in [0.5, 0.6) is 0 Å². The molecule has 210 valence electrons. The number of nitrogens with zero attached hydrogens (tertiary/aromatic N) is 3. The monoisotopic (exact) mass is 602 g/mol. The number of aromatic nitrogens is 1. The number of pyridine rings is 1. The van der Waals surface area contributed by atoms with Crippen molar-refractivity contribution in [1.29, 1.82) is 0 Å². The number of piperidine rings is 1. The Morgan fingerprint density at radius 2 is 1.68 bits per heavy atom. The van der Waals surface area contributed by atoms with Crippen molar-refractivity contribution < 1.29 is 18.6 Å². The van der Waals surface area contributed by atoms with Crippen LogP contribution in [0.15, 0.2) is 70.1 Å². The lowest BCUT2D eigenvalue weighted by molar-refractivity contribution is -0.119. The zero-order valence-corrected chi connectivity index (χ0v) is 23.9. The quantitative estimate of drug-likeness (QED) is 0.365. The number of nitrogens with two attached hydrogens (primary N) is 1. The molecular weight excluding hydrogens is 575 g/mol. The van der Waals surface area contributed by atoms with Crippen LogP contribution in [0.4, 0.5) is 11.5 Å². The molecule has 0 saturated carbocycles. The number of hydrogen-bond donors (Lipinski definition) is 3. The number of halogens is 2. The highest BCUT2D eigenvalue weighted by atomic mass is 35.5. The number of carbonyl (C=O) groups is 3. The van der Waals surface area contributed by atoms with Gasteiger partial charge in [0.2, 0.25) is 0 Å². The van der Waals surface area contributed by atoms with Gasteiger partial charge in [0.15, 0.2) is 0 Å². The fourth-order valence-electron chi connectivity index (χ4n) is 4.08. The van der Waals surface area contributed by atoms with E-state index in [1.165, 1.54) is 48.9 Å². The summed E-state index contributed by atoms with van der Waals surface area (Å²) in [7, 11) is -3.02. The SMILES string of the molecule is CS(=O)(=NC(=O)CN1CCC(N)CC1)c1ccc(C(=O)Nc2ccc(Cl)cc2C(=O)Nc2ccc(Cl)cn2)cc1. The molecule has 1 aliphatic heterocycles. The fraction of sp³-hybridized carbons (Fsp3) is 0.259. The van der Waals surface area contributed by atoms with E-state index in [1.807, 2.05) is 4.90 Å². The highest BCUT2D eigenvalue weighted by Crippen LogP contribution is 2.23. The van der Waals surface area contributed by atoms with Crippen LogP contribution in [-0.2, 0) is 14.5 Å². The summed E-state index contributed by atoms with van der Waals surface area (Å²) in [6.07, 6.45) is 4.39. The van der Waals surface area contributed by atoms with Crippen LogP contribution in [0.25, 0.3) is 0 Å². The van der Waals surface area contributed by atoms with Gasteiger partial charge in [-0.3, -0.25) is 19.3 Å². The standard InChI is InChI=1S/C27H28Cl2N6O4S/c1-40(39,34-25(36)16-35-12-10-20(30)11-13-35)21-6-2-17(3-7-21)26(37)32-23-8-4-18(28)14-22(23)27(38)33-24-9-5-19(29)15-31-24/h2-9,14-15,20H,10-13,16,30H2,1H3,(H,32,37)(H,31,33,38). The predicted molar refractivity (Wildman–Crippen MR) is 156 cm³/mol. The summed E-state index contributed by atoms with van der Waals surface area (Å²) in [4.78, 5) is 44.7. The topological polar surface area (TPSA) is 147 Å². The van der Waals surface area contributed by atoms with E-state index in [0.29, 0.717) is 28.0 Å². The Kier molecular flexibility index (Phi) is 9.54. The fourth-order valence-corrected chi connectivity index (χ4v) is 5.55. The summed E-state index contributed by atoms with van der Waals surface area (Å²) in [5.41, 5.74) is 6.50. The number of carbonyl (C=O) groups excluding carboxylic acids is 3. The van der Waals surface area contributed by atoms with E-state index < -0.39 is 27.5 Å². The molecule has 0 bridgehead atoms. The average molecular weight is 604 g/mol. The Bertz CT molecular complexity index is 1530. The number of anilines is 2. The normalized spacial score (nSPS) is 15.6. The third-order valence-electron chi connectivity index (χ3n) is 6.26. The smallest absolute Gasteiger partial charge is 0.268 e. The second-order valence-corrected chi connectivity index (χ2v) is 12.5. The van der Waals surface area contributed by atoms with Gasteiger partial charge in [0.1, 0.15) is 5.82 Å². The van der Waals surface area contributed by atoms with Gasteiger partial charge in [-0.25, -0.2) is 9.19 Å². The van der Waals surface area contributed by atoms with Crippen LogP contribution in [0.1, 0.15) is 33.6 Å². The van der Waals surface area contributed by atoms with Crippen molar-refractivity contribution in [2.24, 2.45) is 10.1 Å². The van der Waals surface area contributed by atoms with Crippen molar-refractivity contribution >= 4 is 62.2 Å². The molecule has 4 rings (SSSR count). The van der Waals surface area contributed by atoms with E-state index >= 15 is 0 Å². The molecule has 1 atom stereocenters. The lowest BCUT2D eigenvalue weighted by Crippen LogP contribution is -2.41. The third-order valence-corrected chi connectivity index (χ3v) is 8.42. The molecule has 1 fully saturated rings. The minimum Gasteiger partial charge on any atom is -0.328 e. The van der Waals surface area contributed by atoms with Gasteiger partial charge in [-0.1, -0.05) is 23.2 Å². The first kappa shape index (κ1) is 29.6. The maximum atomic E-state index is 13.2. The van der Waals surface area contributed by atoms with Crippen LogP contribution >= 0.6 is 23.2 Å². The summed E-state index contributed by atoms with van der Waals surface area (Å²) >= 11 is 11.9. The molecule has 4 N–H and O–H groups in total. The van der Waals surface area contributed by atoms with Crippen molar-refractivity contribution in [3.05, 3.63) is 82.0 Å². The molecule has 0 spiro atoms. The lowest BCUT2D eigenvalue weighted by Gasteiger charge is -2.28. The molecule has 40 heavy (non-hydrogen) atoms. The van der Waals surface area contributed by atoms with Crippen LogP contribution in [0.2, 0.25) is 10.0 Å². The zero-order chi connectivity index (χ0) is 28.9. The third kappa shape index (κ3) is 7.86. The van der Waals surface area contributed by atoms with Gasteiger partial charge in [-0.15, -0.1) is 0 Å². The highest BCUT2D eigenvalue weighted by molar-refractivity contribution is 7.93. The molecule has 2 heterocycles. The highest BCUT2D eigenvalue weighted by Gasteiger charge is 2.20. The molecule has 0 radical (unpaired) electrons. The van der Waals surface area contributed by atoms with Crippen molar-refractivity contribution in [3.63, 3.8) is 0 Å². The molecule has 3 amide bonds. The molecule has 1 aromatic heterocycles. The average Bonchev–Trinajstić information content (AvgIpc) is 2.92. The van der Waals surface area contributed by atoms with Gasteiger partial charge in [0, 0.05) is 47.1 Å². The lowest BCUT2D eigenvalue weighted by atomic mass is 10.1. The van der Waals surface area contributed by atoms with E-state index in [2.05, 4.69) is 20.0 Å². The number of likely N-dealkylation sites (tertiary alicyclic amines) is 1. The predicted octanol–water partition coefficient (Wildman–Crippen LogP) is 4.30. The Morgan fingerprint density at radius 3 is 2.33 bits per heavy atom. The minimum absolute atomic E-state index is 0.0864. The molecule has 1 saturated heterocycles. The molecule has 10 nitrogen and oxygen atoms in total. The van der Waals surface area contributed by atoms with E-state index in [-0.39, 0.29) is 35.2 Å². The Balaban J connectivity index is 1.45. The summed E-state index contributed by atoms with van der Waals surface area (Å²) < 4.78 is 17.1. The first-order valence-corrected chi connectivity index (χ1v) is 15.0. The van der Waals surface area contributed by atoms with E-state index in [4.69, 9.17) is 28.9 Å². The molecule has 1 aliphatic rings. The number of hydrogen-bond acceptors (Lipinski definition) is 7. The zero-order valence-electron chi connectivity index (χ0n) is 21.6. The Labute approximate surface area is 242 Å². The van der Waals surface area contributed by atoms with Crippen molar-refractivity contribution in [2.45, 2.75) is 23.8 Å². The second kappa shape index (κ2) is 12.9. The van der Waals surface area contributed by atoms with Crippen LogP contribution in [0, 0.1) is 0 Å². The molecule has 1 unspecified atom stereocenters. The first-order chi connectivity index (χ1) is 19.0. The van der Waals surface area contributed by atoms with Gasteiger partial charge in [0.25, 0.3) is 17.7 Å². The van der Waals surface area contributed by atoms with Gasteiger partial charge in [-0.2, -0.15) is 4.36 Å². The summed E-state index contributed by atoms with van der Waals surface area (Å²) in [6.45, 7) is 1.49. The van der Waals surface area contributed by atoms with Gasteiger partial charge in [0.05, 0.1) is 32.5 Å². The number of amides is 3. The number of rotatable bonds is 7. The maximum Gasteiger partial charge on any atom is 0.268 e. The first-order valence-electron chi connectivity index (χ1n) is 12.4. The van der Waals surface area contributed by atoms with E-state index in [1.54, 1.807) is 18.2 Å². The molecule has 13 heteroatoms. The summed E-state index contributed by atoms with van der Waals surface area (Å²) in [6, 6.07) is 13.7. The van der Waals surface area contributed by atoms with Gasteiger partial charge < -0.3 is 16.4 Å².